The molecule has 2 aromatic carbocycles. The summed E-state index contributed by atoms with van der Waals surface area (Å²) in [5.74, 6) is -0.414. The van der Waals surface area contributed by atoms with Crippen molar-refractivity contribution in [2.75, 3.05) is 14.2 Å². The highest BCUT2D eigenvalue weighted by Gasteiger charge is 2.44. The van der Waals surface area contributed by atoms with Gasteiger partial charge in [-0.2, -0.15) is 0 Å². The highest BCUT2D eigenvalue weighted by Crippen LogP contribution is 2.46. The second-order valence-corrected chi connectivity index (χ2v) is 6.13. The minimum atomic E-state index is -1.03. The predicted octanol–water partition coefficient (Wildman–Crippen LogP) is 2.99. The summed E-state index contributed by atoms with van der Waals surface area (Å²) < 4.78 is 16.6. The molecule has 0 spiro atoms. The number of hydrogen-bond donors (Lipinski definition) is 1. The van der Waals surface area contributed by atoms with Gasteiger partial charge < -0.3 is 19.2 Å². The normalized spacial score (nSPS) is 15.7. The molecule has 1 N–H and O–H groups in total. The predicted molar refractivity (Wildman–Crippen MR) is 101 cm³/mol. The lowest BCUT2D eigenvalue weighted by molar-refractivity contribution is -0.433. The summed E-state index contributed by atoms with van der Waals surface area (Å²) >= 11 is 0. The topological polar surface area (TPSA) is 104 Å². The maximum atomic E-state index is 12.9. The van der Waals surface area contributed by atoms with Crippen molar-refractivity contribution in [3.63, 3.8) is 0 Å². The lowest BCUT2D eigenvalue weighted by Crippen LogP contribution is -2.31. The van der Waals surface area contributed by atoms with E-state index in [1.54, 1.807) is 48.5 Å². The van der Waals surface area contributed by atoms with Crippen LogP contribution in [0.2, 0.25) is 0 Å². The molecule has 1 aliphatic rings. The Hall–Kier alpha value is -3.81. The lowest BCUT2D eigenvalue weighted by atomic mass is 9.86. The van der Waals surface area contributed by atoms with Crippen molar-refractivity contribution in [3.8, 4) is 11.5 Å². The number of nitrogens with zero attached hydrogens (tertiary/aromatic N) is 1. The van der Waals surface area contributed by atoms with Crippen LogP contribution < -0.4 is 20.4 Å². The Labute approximate surface area is 159 Å². The van der Waals surface area contributed by atoms with Crippen molar-refractivity contribution in [3.05, 3.63) is 91.8 Å². The third kappa shape index (κ3) is 2.58. The van der Waals surface area contributed by atoms with Crippen molar-refractivity contribution in [1.82, 2.24) is 5.32 Å². The summed E-state index contributed by atoms with van der Waals surface area (Å²) in [6, 6.07) is 13.7. The number of nitrogens with one attached hydrogen (secondary N) is 1. The van der Waals surface area contributed by atoms with Crippen LogP contribution in [-0.4, -0.2) is 19.1 Å². The van der Waals surface area contributed by atoms with Gasteiger partial charge in [-0.05, 0) is 18.2 Å². The highest BCUT2D eigenvalue weighted by molar-refractivity contribution is 5.85. The van der Waals surface area contributed by atoms with Gasteiger partial charge in [-0.3, -0.25) is 10.1 Å². The molecule has 1 aromatic heterocycles. The van der Waals surface area contributed by atoms with E-state index in [1.807, 2.05) is 0 Å². The number of fused-ring (bicyclic) bond motifs is 3. The highest BCUT2D eigenvalue weighted by atomic mass is 16.6. The summed E-state index contributed by atoms with van der Waals surface area (Å²) in [7, 11) is 2.99. The van der Waals surface area contributed by atoms with E-state index in [2.05, 4.69) is 5.32 Å². The summed E-state index contributed by atoms with van der Waals surface area (Å²) in [4.78, 5) is 24.3. The zero-order valence-corrected chi connectivity index (χ0v) is 15.1. The number of nitro groups is 1. The molecule has 2 heterocycles. The van der Waals surface area contributed by atoms with Crippen LogP contribution in [0.5, 0.6) is 11.5 Å². The Balaban J connectivity index is 2.13. The maximum absolute atomic E-state index is 12.9. The van der Waals surface area contributed by atoms with Crippen LogP contribution in [0.3, 0.4) is 0 Å². The zero-order valence-electron chi connectivity index (χ0n) is 15.1. The molecular formula is C20H16N2O6. The van der Waals surface area contributed by atoms with Gasteiger partial charge in [0.05, 0.1) is 23.0 Å². The standard InChI is InChI=1S/C20H16N2O6/c1-21-19-17(22(24)25)15(11-7-3-5-9-13(11)26-2)16-18(28-19)12-8-4-6-10-14(12)27-20(16)23/h3-10,15,21H,1-2H3. The minimum absolute atomic E-state index is 0.0378. The van der Waals surface area contributed by atoms with Crippen LogP contribution in [0.1, 0.15) is 17.0 Å². The summed E-state index contributed by atoms with van der Waals surface area (Å²) in [6.07, 6.45) is 0. The third-order valence-corrected chi connectivity index (χ3v) is 4.67. The van der Waals surface area contributed by atoms with E-state index < -0.39 is 16.5 Å². The van der Waals surface area contributed by atoms with Gasteiger partial charge in [0, 0.05) is 12.6 Å². The van der Waals surface area contributed by atoms with Crippen LogP contribution >= 0.6 is 0 Å². The van der Waals surface area contributed by atoms with Crippen molar-refractivity contribution < 1.29 is 18.8 Å². The van der Waals surface area contributed by atoms with E-state index in [0.29, 0.717) is 22.3 Å². The van der Waals surface area contributed by atoms with E-state index >= 15 is 0 Å². The molecule has 0 fully saturated rings. The van der Waals surface area contributed by atoms with E-state index in [1.165, 1.54) is 14.2 Å². The van der Waals surface area contributed by atoms with Crippen LogP contribution in [0, 0.1) is 10.1 Å². The summed E-state index contributed by atoms with van der Waals surface area (Å²) in [5.41, 5.74) is -0.114. The molecule has 3 aromatic rings. The number of methoxy groups -OCH3 is 1. The first-order valence-corrected chi connectivity index (χ1v) is 8.49. The largest absolute Gasteiger partial charge is 0.496 e. The SMILES string of the molecule is CNC1=C([N+](=O)[O-])C(c2ccccc2OC)c2c(c3ccccc3oc2=O)O1. The van der Waals surface area contributed by atoms with Crippen molar-refractivity contribution in [2.45, 2.75) is 5.92 Å². The third-order valence-electron chi connectivity index (χ3n) is 4.67. The quantitative estimate of drug-likeness (QED) is 0.421. The second-order valence-electron chi connectivity index (χ2n) is 6.13. The summed E-state index contributed by atoms with van der Waals surface area (Å²) in [6.45, 7) is 0. The first-order valence-electron chi connectivity index (χ1n) is 8.49. The second kappa shape index (κ2) is 6.73. The van der Waals surface area contributed by atoms with Crippen molar-refractivity contribution >= 4 is 11.0 Å². The molecule has 1 atom stereocenters. The van der Waals surface area contributed by atoms with Gasteiger partial charge in [0.15, 0.2) is 5.75 Å². The number of hydrogen-bond acceptors (Lipinski definition) is 7. The monoisotopic (exact) mass is 380 g/mol. The molecule has 0 bridgehead atoms. The van der Waals surface area contributed by atoms with E-state index in [-0.39, 0.29) is 22.9 Å². The molecule has 1 unspecified atom stereocenters. The number of ether oxygens (including phenoxy) is 2. The molecule has 8 nitrogen and oxygen atoms in total. The van der Waals surface area contributed by atoms with Gasteiger partial charge in [-0.25, -0.2) is 4.79 Å². The van der Waals surface area contributed by atoms with E-state index in [9.17, 15) is 14.9 Å². The maximum Gasteiger partial charge on any atom is 0.344 e. The molecule has 0 radical (unpaired) electrons. The van der Waals surface area contributed by atoms with Gasteiger partial charge in [0.2, 0.25) is 0 Å². The van der Waals surface area contributed by atoms with Gasteiger partial charge in [0.1, 0.15) is 17.3 Å². The first-order chi connectivity index (χ1) is 13.6. The fourth-order valence-corrected chi connectivity index (χ4v) is 3.49. The van der Waals surface area contributed by atoms with Crippen molar-refractivity contribution in [1.29, 1.82) is 0 Å². The average Bonchev–Trinajstić information content (AvgIpc) is 2.72. The lowest BCUT2D eigenvalue weighted by Gasteiger charge is -2.26. The van der Waals surface area contributed by atoms with Gasteiger partial charge in [-0.15, -0.1) is 0 Å². The molecule has 142 valence electrons. The van der Waals surface area contributed by atoms with Crippen molar-refractivity contribution in [2.24, 2.45) is 0 Å². The van der Waals surface area contributed by atoms with Gasteiger partial charge >= 0.3 is 11.3 Å². The molecule has 0 saturated carbocycles. The Morgan fingerprint density at radius 1 is 1.14 bits per heavy atom. The molecular weight excluding hydrogens is 364 g/mol. The van der Waals surface area contributed by atoms with E-state index in [0.717, 1.165) is 0 Å². The van der Waals surface area contributed by atoms with Crippen LogP contribution in [0.15, 0.2) is 69.3 Å². The molecule has 0 aliphatic carbocycles. The molecule has 28 heavy (non-hydrogen) atoms. The first kappa shape index (κ1) is 17.6. The summed E-state index contributed by atoms with van der Waals surface area (Å²) in [5, 5.41) is 15.2. The Bertz CT molecular complexity index is 1180. The van der Waals surface area contributed by atoms with E-state index in [4.69, 9.17) is 13.9 Å². The smallest absolute Gasteiger partial charge is 0.344 e. The molecule has 0 saturated heterocycles. The van der Waals surface area contributed by atoms with Crippen LogP contribution in [0.4, 0.5) is 0 Å². The fourth-order valence-electron chi connectivity index (χ4n) is 3.49. The number of allylic oxidation sites excluding steroid dienone is 1. The number of benzene rings is 2. The van der Waals surface area contributed by atoms with Crippen LogP contribution in [0.25, 0.3) is 11.0 Å². The number of para-hydroxylation sites is 2. The molecule has 8 heteroatoms. The zero-order chi connectivity index (χ0) is 19.8. The van der Waals surface area contributed by atoms with Crippen LogP contribution in [-0.2, 0) is 0 Å². The Morgan fingerprint density at radius 3 is 2.57 bits per heavy atom. The number of rotatable bonds is 4. The Kier molecular flexibility index (Phi) is 4.23. The average molecular weight is 380 g/mol. The Morgan fingerprint density at radius 2 is 1.86 bits per heavy atom. The molecule has 0 amide bonds. The minimum Gasteiger partial charge on any atom is -0.496 e. The van der Waals surface area contributed by atoms with Gasteiger partial charge in [0.25, 0.3) is 5.88 Å². The fraction of sp³-hybridized carbons (Fsp3) is 0.150. The van der Waals surface area contributed by atoms with Gasteiger partial charge in [-0.1, -0.05) is 30.3 Å². The molecule has 4 rings (SSSR count). The molecule has 1 aliphatic heterocycles.